The van der Waals surface area contributed by atoms with Crippen molar-refractivity contribution in [2.45, 2.75) is 13.8 Å². The minimum atomic E-state index is 0.435. The molecular weight excluding hydrogens is 390 g/mol. The minimum absolute atomic E-state index is 0.435. The normalized spacial score (nSPS) is 11.0. The van der Waals surface area contributed by atoms with Crippen LogP contribution in [0.2, 0.25) is 0 Å². The van der Waals surface area contributed by atoms with Crippen LogP contribution >= 0.6 is 23.6 Å². The van der Waals surface area contributed by atoms with Gasteiger partial charge in [-0.25, -0.2) is 4.98 Å². The number of benzene rings is 2. The molecule has 0 saturated carbocycles. The third-order valence-electron chi connectivity index (χ3n) is 3.82. The van der Waals surface area contributed by atoms with Gasteiger partial charge in [0.15, 0.2) is 10.2 Å². The number of nitrogens with one attached hydrogen (secondary N) is 3. The first-order chi connectivity index (χ1) is 13.5. The summed E-state index contributed by atoms with van der Waals surface area (Å²) in [6.07, 6.45) is 0. The lowest BCUT2D eigenvalue weighted by Gasteiger charge is -2.07. The summed E-state index contributed by atoms with van der Waals surface area (Å²) < 4.78 is 5.18. The summed E-state index contributed by atoms with van der Waals surface area (Å²) in [6, 6.07) is 17.4. The van der Waals surface area contributed by atoms with Crippen molar-refractivity contribution in [2.24, 2.45) is 5.10 Å². The molecule has 2 aromatic carbocycles. The molecule has 1 heterocycles. The molecule has 0 radical (unpaired) electrons. The van der Waals surface area contributed by atoms with E-state index in [1.165, 1.54) is 0 Å². The van der Waals surface area contributed by atoms with E-state index in [4.69, 9.17) is 17.0 Å². The van der Waals surface area contributed by atoms with Gasteiger partial charge in [0.25, 0.3) is 0 Å². The number of aryl methyl sites for hydroxylation is 1. The highest BCUT2D eigenvalue weighted by atomic mass is 32.1. The van der Waals surface area contributed by atoms with E-state index in [1.54, 1.807) is 18.4 Å². The first kappa shape index (κ1) is 19.8. The van der Waals surface area contributed by atoms with Gasteiger partial charge in [0.2, 0.25) is 0 Å². The van der Waals surface area contributed by atoms with Crippen LogP contribution in [0.3, 0.4) is 0 Å². The molecule has 0 saturated heterocycles. The zero-order valence-electron chi connectivity index (χ0n) is 15.8. The van der Waals surface area contributed by atoms with Crippen LogP contribution in [-0.2, 0) is 0 Å². The van der Waals surface area contributed by atoms with Crippen molar-refractivity contribution in [1.82, 2.24) is 10.4 Å². The summed E-state index contributed by atoms with van der Waals surface area (Å²) in [5.74, 6) is 0.815. The Labute approximate surface area is 173 Å². The molecule has 8 heteroatoms. The number of hydrogen-bond acceptors (Lipinski definition) is 6. The van der Waals surface area contributed by atoms with Gasteiger partial charge < -0.3 is 15.4 Å². The molecule has 3 N–H and O–H groups in total. The monoisotopic (exact) mass is 411 g/mol. The molecule has 3 aromatic rings. The van der Waals surface area contributed by atoms with Gasteiger partial charge in [0, 0.05) is 11.4 Å². The van der Waals surface area contributed by atoms with E-state index in [2.05, 4.69) is 26.1 Å². The maximum Gasteiger partial charge on any atom is 0.191 e. The van der Waals surface area contributed by atoms with Gasteiger partial charge in [-0.05, 0) is 62.5 Å². The van der Waals surface area contributed by atoms with E-state index in [9.17, 15) is 0 Å². The van der Waals surface area contributed by atoms with Crippen LogP contribution in [0.5, 0.6) is 5.75 Å². The Hall–Kier alpha value is -2.97. The number of rotatable bonds is 6. The van der Waals surface area contributed by atoms with Gasteiger partial charge in [-0.2, -0.15) is 5.10 Å². The van der Waals surface area contributed by atoms with Gasteiger partial charge in [0.05, 0.1) is 23.4 Å². The summed E-state index contributed by atoms with van der Waals surface area (Å²) in [7, 11) is 1.65. The average molecular weight is 412 g/mol. The predicted molar refractivity (Wildman–Crippen MR) is 121 cm³/mol. The van der Waals surface area contributed by atoms with Crippen molar-refractivity contribution >= 4 is 50.9 Å². The Bertz CT molecular complexity index is 968. The largest absolute Gasteiger partial charge is 0.497 e. The molecule has 0 bridgehead atoms. The molecule has 1 aromatic heterocycles. The standard InChI is InChI=1S/C20H21N5OS2/c1-13-18(14(2)24-25-19(27)22-15-7-5-4-6-8-15)28-20(21-13)23-16-9-11-17(26-3)12-10-16/h4-12H,1-3H3,(H,21,23)(H2,22,25,27)/b24-14+. The number of methoxy groups -OCH3 is 1. The molecule has 0 atom stereocenters. The topological polar surface area (TPSA) is 70.6 Å². The first-order valence-corrected chi connectivity index (χ1v) is 9.83. The number of thiocarbonyl (C=S) groups is 1. The van der Waals surface area contributed by atoms with Crippen LogP contribution < -0.4 is 20.8 Å². The van der Waals surface area contributed by atoms with Gasteiger partial charge in [-0.3, -0.25) is 5.43 Å². The molecule has 0 aliphatic carbocycles. The fraction of sp³-hybridized carbons (Fsp3) is 0.150. The van der Waals surface area contributed by atoms with Crippen LogP contribution in [0.25, 0.3) is 0 Å². The van der Waals surface area contributed by atoms with Crippen LogP contribution in [0.4, 0.5) is 16.5 Å². The number of hydrazone groups is 1. The Balaban J connectivity index is 1.63. The summed E-state index contributed by atoms with van der Waals surface area (Å²) in [4.78, 5) is 5.58. The van der Waals surface area contributed by atoms with E-state index in [0.717, 1.165) is 38.5 Å². The molecule has 144 valence electrons. The smallest absolute Gasteiger partial charge is 0.191 e. The third-order valence-corrected chi connectivity index (χ3v) is 5.20. The van der Waals surface area contributed by atoms with E-state index in [-0.39, 0.29) is 0 Å². The van der Waals surface area contributed by atoms with E-state index in [0.29, 0.717) is 5.11 Å². The zero-order valence-corrected chi connectivity index (χ0v) is 17.4. The van der Waals surface area contributed by atoms with Gasteiger partial charge in [-0.1, -0.05) is 29.5 Å². The first-order valence-electron chi connectivity index (χ1n) is 8.60. The number of ether oxygens (including phenoxy) is 1. The summed E-state index contributed by atoms with van der Waals surface area (Å²) >= 11 is 6.83. The number of thiazole rings is 1. The maximum absolute atomic E-state index is 5.29. The van der Waals surface area contributed by atoms with Crippen LogP contribution in [0.1, 0.15) is 17.5 Å². The zero-order chi connectivity index (χ0) is 19.9. The predicted octanol–water partition coefficient (Wildman–Crippen LogP) is 4.91. The van der Waals surface area contributed by atoms with Crippen LogP contribution in [0, 0.1) is 6.92 Å². The molecule has 0 fully saturated rings. The van der Waals surface area contributed by atoms with Crippen molar-refractivity contribution in [3.63, 3.8) is 0 Å². The second-order valence-electron chi connectivity index (χ2n) is 5.92. The van der Waals surface area contributed by atoms with E-state index >= 15 is 0 Å². The SMILES string of the molecule is COc1ccc(Nc2nc(C)c(/C(C)=N/NC(=S)Nc3ccccc3)s2)cc1. The lowest BCUT2D eigenvalue weighted by Crippen LogP contribution is -2.24. The van der Waals surface area contributed by atoms with Crippen molar-refractivity contribution in [3.8, 4) is 5.75 Å². The second-order valence-corrected chi connectivity index (χ2v) is 7.32. The summed E-state index contributed by atoms with van der Waals surface area (Å²) in [5.41, 5.74) is 6.46. The van der Waals surface area contributed by atoms with E-state index < -0.39 is 0 Å². The molecule has 3 rings (SSSR count). The van der Waals surface area contributed by atoms with Crippen molar-refractivity contribution in [3.05, 3.63) is 65.2 Å². The quantitative estimate of drug-likeness (QED) is 0.304. The minimum Gasteiger partial charge on any atom is -0.497 e. The molecule has 0 unspecified atom stereocenters. The van der Waals surface area contributed by atoms with Crippen molar-refractivity contribution in [1.29, 1.82) is 0 Å². The second kappa shape index (κ2) is 9.29. The third kappa shape index (κ3) is 5.28. The van der Waals surface area contributed by atoms with Crippen LogP contribution in [0.15, 0.2) is 59.7 Å². The Morgan fingerprint density at radius 2 is 1.79 bits per heavy atom. The number of hydrogen-bond donors (Lipinski definition) is 3. The lowest BCUT2D eigenvalue weighted by molar-refractivity contribution is 0.415. The number of para-hydroxylation sites is 1. The molecule has 0 amide bonds. The van der Waals surface area contributed by atoms with Gasteiger partial charge >= 0.3 is 0 Å². The van der Waals surface area contributed by atoms with Crippen molar-refractivity contribution < 1.29 is 4.74 Å². The fourth-order valence-electron chi connectivity index (χ4n) is 2.45. The molecule has 0 aliphatic rings. The van der Waals surface area contributed by atoms with Crippen LogP contribution in [-0.4, -0.2) is 22.9 Å². The Kier molecular flexibility index (Phi) is 6.57. The summed E-state index contributed by atoms with van der Waals surface area (Å²) in [5, 5.41) is 12.0. The molecule has 6 nitrogen and oxygen atoms in total. The molecule has 0 spiro atoms. The lowest BCUT2D eigenvalue weighted by atomic mass is 10.3. The Morgan fingerprint density at radius 3 is 2.46 bits per heavy atom. The fourth-order valence-corrected chi connectivity index (χ4v) is 3.54. The highest BCUT2D eigenvalue weighted by Gasteiger charge is 2.11. The average Bonchev–Trinajstić information content (AvgIpc) is 3.07. The van der Waals surface area contributed by atoms with Gasteiger partial charge in [0.1, 0.15) is 5.75 Å². The molecular formula is C20H21N5OS2. The molecule has 0 aliphatic heterocycles. The van der Waals surface area contributed by atoms with E-state index in [1.807, 2.05) is 68.4 Å². The number of nitrogens with zero attached hydrogens (tertiary/aromatic N) is 2. The molecule has 28 heavy (non-hydrogen) atoms. The summed E-state index contributed by atoms with van der Waals surface area (Å²) in [6.45, 7) is 3.89. The maximum atomic E-state index is 5.29. The van der Waals surface area contributed by atoms with Crippen molar-refractivity contribution in [2.75, 3.05) is 17.7 Å². The highest BCUT2D eigenvalue weighted by molar-refractivity contribution is 7.80. The number of anilines is 3. The van der Waals surface area contributed by atoms with Gasteiger partial charge in [-0.15, -0.1) is 0 Å². The number of aromatic nitrogens is 1. The Morgan fingerprint density at radius 1 is 1.07 bits per heavy atom. The highest BCUT2D eigenvalue weighted by Crippen LogP contribution is 2.27.